The minimum absolute atomic E-state index is 0.0469. The summed E-state index contributed by atoms with van der Waals surface area (Å²) < 4.78 is 0. The highest BCUT2D eigenvalue weighted by atomic mass is 16.4. The summed E-state index contributed by atoms with van der Waals surface area (Å²) in [7, 11) is 0. The van der Waals surface area contributed by atoms with Crippen LogP contribution < -0.4 is 0 Å². The highest BCUT2D eigenvalue weighted by Crippen LogP contribution is 2.24. The van der Waals surface area contributed by atoms with Crippen molar-refractivity contribution in [3.05, 3.63) is 0 Å². The van der Waals surface area contributed by atoms with Crippen LogP contribution in [0.25, 0.3) is 0 Å². The average molecular weight is 254 g/mol. The molecule has 2 saturated heterocycles. The van der Waals surface area contributed by atoms with E-state index in [1.165, 1.54) is 0 Å². The first-order chi connectivity index (χ1) is 8.58. The van der Waals surface area contributed by atoms with E-state index in [0.29, 0.717) is 12.5 Å². The van der Waals surface area contributed by atoms with Crippen LogP contribution in [0, 0.1) is 5.92 Å². The van der Waals surface area contributed by atoms with E-state index < -0.39 is 5.97 Å². The summed E-state index contributed by atoms with van der Waals surface area (Å²) in [5, 5.41) is 8.87. The maximum absolute atomic E-state index is 12.4. The van der Waals surface area contributed by atoms with Crippen molar-refractivity contribution in [2.24, 2.45) is 5.92 Å². The van der Waals surface area contributed by atoms with Crippen LogP contribution in [-0.2, 0) is 4.79 Å². The van der Waals surface area contributed by atoms with Gasteiger partial charge in [0.15, 0.2) is 0 Å². The van der Waals surface area contributed by atoms with Gasteiger partial charge in [0.2, 0.25) is 0 Å². The number of carboxylic acid groups (broad SMARTS) is 1. The van der Waals surface area contributed by atoms with Gasteiger partial charge in [0.25, 0.3) is 0 Å². The van der Waals surface area contributed by atoms with Crippen molar-refractivity contribution in [1.29, 1.82) is 0 Å². The SMILES string of the molecule is CC1CCN(C(=O)N2CCCC2CC(=O)O)CC1. The zero-order valence-electron chi connectivity index (χ0n) is 11.0. The number of piperidine rings is 1. The van der Waals surface area contributed by atoms with Crippen molar-refractivity contribution in [3.63, 3.8) is 0 Å². The Morgan fingerprint density at radius 3 is 2.44 bits per heavy atom. The number of carbonyl (C=O) groups excluding carboxylic acids is 1. The molecule has 2 rings (SSSR count). The molecule has 0 radical (unpaired) electrons. The molecule has 2 heterocycles. The predicted molar refractivity (Wildman–Crippen MR) is 67.3 cm³/mol. The first-order valence-corrected chi connectivity index (χ1v) is 6.85. The van der Waals surface area contributed by atoms with Gasteiger partial charge in [0.05, 0.1) is 6.42 Å². The minimum atomic E-state index is -0.813. The second-order valence-corrected chi connectivity index (χ2v) is 5.54. The minimum Gasteiger partial charge on any atom is -0.481 e. The maximum atomic E-state index is 12.4. The van der Waals surface area contributed by atoms with Gasteiger partial charge in [-0.05, 0) is 31.6 Å². The van der Waals surface area contributed by atoms with Crippen LogP contribution in [0.2, 0.25) is 0 Å². The Hall–Kier alpha value is -1.26. The van der Waals surface area contributed by atoms with Crippen LogP contribution in [0.1, 0.15) is 39.0 Å². The van der Waals surface area contributed by atoms with Gasteiger partial charge in [-0.2, -0.15) is 0 Å². The van der Waals surface area contributed by atoms with E-state index in [2.05, 4.69) is 6.92 Å². The zero-order chi connectivity index (χ0) is 13.1. The zero-order valence-corrected chi connectivity index (χ0v) is 11.0. The van der Waals surface area contributed by atoms with Gasteiger partial charge in [-0.25, -0.2) is 4.79 Å². The number of likely N-dealkylation sites (tertiary alicyclic amines) is 2. The molecule has 0 bridgehead atoms. The van der Waals surface area contributed by atoms with Crippen LogP contribution in [0.4, 0.5) is 4.79 Å². The Kier molecular flexibility index (Phi) is 4.09. The molecule has 2 amide bonds. The summed E-state index contributed by atoms with van der Waals surface area (Å²) in [6, 6.07) is -0.0556. The first kappa shape index (κ1) is 13.2. The van der Waals surface area contributed by atoms with Crippen molar-refractivity contribution in [3.8, 4) is 0 Å². The molecule has 2 aliphatic heterocycles. The molecule has 1 atom stereocenters. The van der Waals surface area contributed by atoms with E-state index in [1.807, 2.05) is 4.90 Å². The summed E-state index contributed by atoms with van der Waals surface area (Å²) in [5.41, 5.74) is 0. The third-order valence-corrected chi connectivity index (χ3v) is 4.09. The van der Waals surface area contributed by atoms with E-state index in [9.17, 15) is 9.59 Å². The topological polar surface area (TPSA) is 60.9 Å². The molecule has 18 heavy (non-hydrogen) atoms. The molecular weight excluding hydrogens is 232 g/mol. The van der Waals surface area contributed by atoms with Crippen LogP contribution in [0.5, 0.6) is 0 Å². The van der Waals surface area contributed by atoms with Crippen molar-refractivity contribution >= 4 is 12.0 Å². The van der Waals surface area contributed by atoms with Crippen molar-refractivity contribution in [2.45, 2.75) is 45.1 Å². The Morgan fingerprint density at radius 1 is 1.17 bits per heavy atom. The standard InChI is InChI=1S/C13H22N2O3/c1-10-4-7-14(8-5-10)13(18)15-6-2-3-11(15)9-12(16)17/h10-11H,2-9H2,1H3,(H,16,17). The number of carbonyl (C=O) groups is 2. The van der Waals surface area contributed by atoms with E-state index >= 15 is 0 Å². The molecule has 0 aromatic rings. The van der Waals surface area contributed by atoms with E-state index in [0.717, 1.165) is 38.8 Å². The van der Waals surface area contributed by atoms with Crippen LogP contribution in [0.3, 0.4) is 0 Å². The summed E-state index contributed by atoms with van der Waals surface area (Å²) in [6.45, 7) is 4.56. The summed E-state index contributed by atoms with van der Waals surface area (Å²) in [6.07, 6.45) is 3.94. The second-order valence-electron chi connectivity index (χ2n) is 5.54. The van der Waals surface area contributed by atoms with Gasteiger partial charge < -0.3 is 14.9 Å². The fraction of sp³-hybridized carbons (Fsp3) is 0.846. The average Bonchev–Trinajstić information content (AvgIpc) is 2.76. The van der Waals surface area contributed by atoms with Crippen LogP contribution in [0.15, 0.2) is 0 Å². The molecule has 0 aliphatic carbocycles. The summed E-state index contributed by atoms with van der Waals surface area (Å²) in [5.74, 6) is -0.116. The fourth-order valence-electron chi connectivity index (χ4n) is 2.88. The number of aliphatic carboxylic acids is 1. The largest absolute Gasteiger partial charge is 0.481 e. The Balaban J connectivity index is 1.93. The normalized spacial score (nSPS) is 25.5. The maximum Gasteiger partial charge on any atom is 0.320 e. The summed E-state index contributed by atoms with van der Waals surface area (Å²) in [4.78, 5) is 26.8. The number of carboxylic acids is 1. The smallest absolute Gasteiger partial charge is 0.320 e. The van der Waals surface area contributed by atoms with Gasteiger partial charge in [0, 0.05) is 25.7 Å². The molecule has 0 saturated carbocycles. The number of urea groups is 1. The van der Waals surface area contributed by atoms with Crippen molar-refractivity contribution < 1.29 is 14.7 Å². The van der Waals surface area contributed by atoms with Crippen LogP contribution >= 0.6 is 0 Å². The van der Waals surface area contributed by atoms with Crippen molar-refractivity contribution in [2.75, 3.05) is 19.6 Å². The lowest BCUT2D eigenvalue weighted by molar-refractivity contribution is -0.138. The molecule has 0 spiro atoms. The van der Waals surface area contributed by atoms with Gasteiger partial charge in [-0.3, -0.25) is 4.79 Å². The van der Waals surface area contributed by atoms with Crippen molar-refractivity contribution in [1.82, 2.24) is 9.80 Å². The third kappa shape index (κ3) is 2.94. The Morgan fingerprint density at radius 2 is 1.83 bits per heavy atom. The Bertz CT molecular complexity index is 324. The number of amides is 2. The molecular formula is C13H22N2O3. The van der Waals surface area contributed by atoms with Gasteiger partial charge in [-0.15, -0.1) is 0 Å². The Labute approximate surface area is 108 Å². The number of hydrogen-bond donors (Lipinski definition) is 1. The van der Waals surface area contributed by atoms with Gasteiger partial charge >= 0.3 is 12.0 Å². The molecule has 1 unspecified atom stereocenters. The van der Waals surface area contributed by atoms with Gasteiger partial charge in [0.1, 0.15) is 0 Å². The third-order valence-electron chi connectivity index (χ3n) is 4.09. The number of nitrogens with zero attached hydrogens (tertiary/aromatic N) is 2. The van der Waals surface area contributed by atoms with Gasteiger partial charge in [-0.1, -0.05) is 6.92 Å². The predicted octanol–water partition coefficient (Wildman–Crippen LogP) is 1.78. The molecule has 5 nitrogen and oxygen atoms in total. The number of rotatable bonds is 2. The quantitative estimate of drug-likeness (QED) is 0.817. The highest BCUT2D eigenvalue weighted by molar-refractivity contribution is 5.76. The van der Waals surface area contributed by atoms with E-state index in [1.54, 1.807) is 4.90 Å². The second kappa shape index (κ2) is 5.59. The lowest BCUT2D eigenvalue weighted by atomic mass is 9.99. The number of hydrogen-bond acceptors (Lipinski definition) is 2. The van der Waals surface area contributed by atoms with Crippen LogP contribution in [-0.4, -0.2) is 52.6 Å². The highest BCUT2D eigenvalue weighted by Gasteiger charge is 2.33. The monoisotopic (exact) mass is 254 g/mol. The molecule has 102 valence electrons. The molecule has 5 heteroatoms. The molecule has 2 fully saturated rings. The van der Waals surface area contributed by atoms with E-state index in [4.69, 9.17) is 5.11 Å². The lowest BCUT2D eigenvalue weighted by Gasteiger charge is -2.35. The molecule has 0 aromatic heterocycles. The molecule has 0 aromatic carbocycles. The molecule has 2 aliphatic rings. The van der Waals surface area contributed by atoms with E-state index in [-0.39, 0.29) is 18.5 Å². The molecule has 1 N–H and O–H groups in total. The summed E-state index contributed by atoms with van der Waals surface area (Å²) >= 11 is 0. The first-order valence-electron chi connectivity index (χ1n) is 6.85. The lowest BCUT2D eigenvalue weighted by Crippen LogP contribution is -2.48. The fourth-order valence-corrected chi connectivity index (χ4v) is 2.88.